The Morgan fingerprint density at radius 3 is 2.47 bits per heavy atom. The molecule has 2 atom stereocenters. The molecular formula is C11H19NO3. The summed E-state index contributed by atoms with van der Waals surface area (Å²) in [7, 11) is 0. The van der Waals surface area contributed by atoms with Gasteiger partial charge in [-0.3, -0.25) is 14.9 Å². The summed E-state index contributed by atoms with van der Waals surface area (Å²) in [5.41, 5.74) is -0.371. The Morgan fingerprint density at radius 2 is 2.00 bits per heavy atom. The fraction of sp³-hybridized carbons (Fsp3) is 0.909. The molecule has 1 fully saturated rings. The maximum Gasteiger partial charge on any atom is 0.216 e. The van der Waals surface area contributed by atoms with E-state index in [2.05, 4.69) is 0 Å². The van der Waals surface area contributed by atoms with Gasteiger partial charge in [0.25, 0.3) is 0 Å². The Balaban J connectivity index is 2.58. The summed E-state index contributed by atoms with van der Waals surface area (Å²) in [6.07, 6.45) is 2.71. The largest absolute Gasteiger partial charge is 0.299 e. The minimum Gasteiger partial charge on any atom is -0.299 e. The van der Waals surface area contributed by atoms with Crippen LogP contribution in [0.3, 0.4) is 0 Å². The summed E-state index contributed by atoms with van der Waals surface area (Å²) in [4.78, 5) is 22.3. The lowest BCUT2D eigenvalue weighted by atomic mass is 9.84. The van der Waals surface area contributed by atoms with Crippen LogP contribution in [0.2, 0.25) is 0 Å². The Hall–Kier alpha value is -0.930. The quantitative estimate of drug-likeness (QED) is 0.534. The lowest BCUT2D eigenvalue weighted by molar-refractivity contribution is -0.528. The van der Waals surface area contributed by atoms with Crippen LogP contribution in [0.1, 0.15) is 46.5 Å². The highest BCUT2D eigenvalue weighted by molar-refractivity contribution is 5.83. The van der Waals surface area contributed by atoms with E-state index in [-0.39, 0.29) is 22.0 Å². The molecule has 0 aromatic heterocycles. The molecule has 0 spiro atoms. The van der Waals surface area contributed by atoms with E-state index in [4.69, 9.17) is 0 Å². The number of ketones is 1. The highest BCUT2D eigenvalue weighted by atomic mass is 16.6. The Kier molecular flexibility index (Phi) is 3.47. The second-order valence-electron chi connectivity index (χ2n) is 5.42. The van der Waals surface area contributed by atoms with Gasteiger partial charge in [0, 0.05) is 29.1 Å². The van der Waals surface area contributed by atoms with Crippen molar-refractivity contribution in [1.82, 2.24) is 0 Å². The second kappa shape index (κ2) is 4.29. The molecule has 0 N–H and O–H groups in total. The van der Waals surface area contributed by atoms with Crippen molar-refractivity contribution in [3.63, 3.8) is 0 Å². The maximum absolute atomic E-state index is 11.8. The highest BCUT2D eigenvalue weighted by Crippen LogP contribution is 2.33. The molecule has 86 valence electrons. The van der Waals surface area contributed by atoms with E-state index in [1.165, 1.54) is 0 Å². The molecule has 1 aliphatic rings. The van der Waals surface area contributed by atoms with Crippen LogP contribution in [0, 0.1) is 21.4 Å². The van der Waals surface area contributed by atoms with E-state index in [1.807, 2.05) is 20.8 Å². The van der Waals surface area contributed by atoms with Crippen LogP contribution in [-0.2, 0) is 4.79 Å². The molecule has 0 bridgehead atoms. The monoisotopic (exact) mass is 213 g/mol. The minimum absolute atomic E-state index is 0.0354. The first kappa shape index (κ1) is 12.1. The molecule has 4 heteroatoms. The average Bonchev–Trinajstić information content (AvgIpc) is 2.50. The van der Waals surface area contributed by atoms with Gasteiger partial charge in [-0.1, -0.05) is 20.8 Å². The third kappa shape index (κ3) is 3.01. The van der Waals surface area contributed by atoms with Gasteiger partial charge in [0.05, 0.1) is 0 Å². The topological polar surface area (TPSA) is 60.2 Å². The van der Waals surface area contributed by atoms with Crippen molar-refractivity contribution in [3.05, 3.63) is 10.1 Å². The number of hydrogen-bond donors (Lipinski definition) is 0. The Bertz CT molecular complexity index is 267. The van der Waals surface area contributed by atoms with Crippen molar-refractivity contribution < 1.29 is 9.72 Å². The zero-order valence-corrected chi connectivity index (χ0v) is 9.66. The average molecular weight is 213 g/mol. The van der Waals surface area contributed by atoms with Gasteiger partial charge < -0.3 is 0 Å². The zero-order valence-electron chi connectivity index (χ0n) is 9.66. The Morgan fingerprint density at radius 1 is 1.40 bits per heavy atom. The molecule has 0 amide bonds. The van der Waals surface area contributed by atoms with Crippen molar-refractivity contribution in [2.24, 2.45) is 11.3 Å². The third-order valence-electron chi connectivity index (χ3n) is 3.17. The van der Waals surface area contributed by atoms with Crippen LogP contribution < -0.4 is 0 Å². The lowest BCUT2D eigenvalue weighted by Gasteiger charge is -2.20. The van der Waals surface area contributed by atoms with E-state index in [9.17, 15) is 14.9 Å². The normalized spacial score (nSPS) is 26.6. The number of carbonyl (C=O) groups is 1. The van der Waals surface area contributed by atoms with Gasteiger partial charge in [-0.15, -0.1) is 0 Å². The standard InChI is InChI=1S/C11H19NO3/c1-11(2,3)10(13)7-8-5-4-6-9(8)12(14)15/h8-9H,4-7H2,1-3H3/t8-,9-/m0/s1. The van der Waals surface area contributed by atoms with E-state index < -0.39 is 6.04 Å². The van der Waals surface area contributed by atoms with Crippen molar-refractivity contribution in [3.8, 4) is 0 Å². The van der Waals surface area contributed by atoms with Crippen LogP contribution in [0.4, 0.5) is 0 Å². The smallest absolute Gasteiger partial charge is 0.216 e. The predicted molar refractivity (Wildman–Crippen MR) is 57.2 cm³/mol. The summed E-state index contributed by atoms with van der Waals surface area (Å²) >= 11 is 0. The van der Waals surface area contributed by atoms with Crippen LogP contribution in [0.15, 0.2) is 0 Å². The highest BCUT2D eigenvalue weighted by Gasteiger charge is 2.39. The van der Waals surface area contributed by atoms with E-state index in [1.54, 1.807) is 0 Å². The molecule has 0 saturated heterocycles. The number of carbonyl (C=O) groups excluding carboxylic acids is 1. The van der Waals surface area contributed by atoms with Crippen molar-refractivity contribution in [1.29, 1.82) is 0 Å². The number of hydrogen-bond acceptors (Lipinski definition) is 3. The van der Waals surface area contributed by atoms with Gasteiger partial charge in [0.1, 0.15) is 5.78 Å². The maximum atomic E-state index is 11.8. The van der Waals surface area contributed by atoms with E-state index >= 15 is 0 Å². The summed E-state index contributed by atoms with van der Waals surface area (Å²) in [6.45, 7) is 5.60. The van der Waals surface area contributed by atoms with Gasteiger partial charge in [-0.2, -0.15) is 0 Å². The molecule has 1 saturated carbocycles. The van der Waals surface area contributed by atoms with Gasteiger partial charge >= 0.3 is 0 Å². The lowest BCUT2D eigenvalue weighted by Crippen LogP contribution is -2.29. The number of nitro groups is 1. The minimum atomic E-state index is -0.490. The van der Waals surface area contributed by atoms with Gasteiger partial charge in [0.15, 0.2) is 0 Å². The molecule has 15 heavy (non-hydrogen) atoms. The van der Waals surface area contributed by atoms with Gasteiger partial charge in [0.2, 0.25) is 6.04 Å². The summed E-state index contributed by atoms with van der Waals surface area (Å²) in [5, 5.41) is 10.7. The van der Waals surface area contributed by atoms with Crippen LogP contribution in [-0.4, -0.2) is 16.7 Å². The molecule has 0 aromatic carbocycles. The van der Waals surface area contributed by atoms with Gasteiger partial charge in [-0.05, 0) is 12.8 Å². The molecule has 0 aliphatic heterocycles. The first-order valence-corrected chi connectivity index (χ1v) is 5.49. The van der Waals surface area contributed by atoms with Crippen molar-refractivity contribution in [2.75, 3.05) is 0 Å². The number of Topliss-reactive ketones (excluding diaryl/α,β-unsaturated/α-hetero) is 1. The molecule has 0 unspecified atom stereocenters. The fourth-order valence-corrected chi connectivity index (χ4v) is 2.08. The fourth-order valence-electron chi connectivity index (χ4n) is 2.08. The van der Waals surface area contributed by atoms with Crippen molar-refractivity contribution >= 4 is 5.78 Å². The summed E-state index contributed by atoms with van der Waals surface area (Å²) in [6, 6.07) is -0.490. The number of rotatable bonds is 3. The third-order valence-corrected chi connectivity index (χ3v) is 3.17. The van der Waals surface area contributed by atoms with Crippen LogP contribution >= 0.6 is 0 Å². The SMILES string of the molecule is CC(C)(C)C(=O)C[C@@H]1CCC[C@@H]1[N+](=O)[O-]. The summed E-state index contributed by atoms with van der Waals surface area (Å²) < 4.78 is 0. The van der Waals surface area contributed by atoms with Crippen LogP contribution in [0.5, 0.6) is 0 Å². The molecule has 1 aliphatic carbocycles. The number of nitrogens with zero attached hydrogens (tertiary/aromatic N) is 1. The molecule has 0 aromatic rings. The first-order valence-electron chi connectivity index (χ1n) is 5.49. The van der Waals surface area contributed by atoms with Crippen molar-refractivity contribution in [2.45, 2.75) is 52.5 Å². The predicted octanol–water partition coefficient (Wildman–Crippen LogP) is 2.44. The zero-order chi connectivity index (χ0) is 11.6. The molecule has 0 heterocycles. The molecule has 1 rings (SSSR count). The van der Waals surface area contributed by atoms with Crippen LogP contribution in [0.25, 0.3) is 0 Å². The molecule has 0 radical (unpaired) electrons. The molecular weight excluding hydrogens is 194 g/mol. The Labute approximate surface area is 90.2 Å². The molecule has 4 nitrogen and oxygen atoms in total. The van der Waals surface area contributed by atoms with E-state index in [0.717, 1.165) is 12.8 Å². The second-order valence-corrected chi connectivity index (χ2v) is 5.42. The van der Waals surface area contributed by atoms with E-state index in [0.29, 0.717) is 12.8 Å². The first-order chi connectivity index (χ1) is 6.82. The van der Waals surface area contributed by atoms with Gasteiger partial charge in [-0.25, -0.2) is 0 Å². The summed E-state index contributed by atoms with van der Waals surface area (Å²) in [5.74, 6) is 0.105.